The maximum absolute atomic E-state index is 15.1. The molecule has 9 heteroatoms. The molecule has 0 amide bonds. The van der Waals surface area contributed by atoms with Crippen LogP contribution in [-0.4, -0.2) is 12.5 Å². The second-order valence-corrected chi connectivity index (χ2v) is 10.8. The molecule has 222 valence electrons. The molecule has 0 aromatic heterocycles. The molecule has 1 nitrogen and oxygen atoms in total. The van der Waals surface area contributed by atoms with E-state index in [1.54, 1.807) is 24.3 Å². The zero-order valence-corrected chi connectivity index (χ0v) is 22.6. The third-order valence-electron chi connectivity index (χ3n) is 7.87. The Hall–Kier alpha value is -3.10. The molecule has 0 heterocycles. The summed E-state index contributed by atoms with van der Waals surface area (Å²) in [7, 11) is 0. The van der Waals surface area contributed by atoms with Crippen molar-refractivity contribution in [3.63, 3.8) is 0 Å². The maximum Gasteiger partial charge on any atom is 0.387 e. The summed E-state index contributed by atoms with van der Waals surface area (Å²) in [5.74, 6) is -9.80. The van der Waals surface area contributed by atoms with E-state index in [2.05, 4.69) is 11.7 Å². The van der Waals surface area contributed by atoms with Crippen molar-refractivity contribution in [3.05, 3.63) is 88.5 Å². The Kier molecular flexibility index (Phi) is 9.97. The summed E-state index contributed by atoms with van der Waals surface area (Å²) in [5.41, 5.74) is 1.45. The van der Waals surface area contributed by atoms with Crippen molar-refractivity contribution in [2.45, 2.75) is 83.2 Å². The van der Waals surface area contributed by atoms with Crippen LogP contribution >= 0.6 is 0 Å². The summed E-state index contributed by atoms with van der Waals surface area (Å²) in [6.07, 6.45) is 3.76. The molecule has 0 unspecified atom stereocenters. The smallest absolute Gasteiger partial charge is 0.387 e. The highest BCUT2D eigenvalue weighted by molar-refractivity contribution is 5.65. The van der Waals surface area contributed by atoms with E-state index in [4.69, 9.17) is 0 Å². The van der Waals surface area contributed by atoms with E-state index in [1.165, 1.54) is 12.1 Å². The van der Waals surface area contributed by atoms with Crippen LogP contribution in [0.15, 0.2) is 48.5 Å². The van der Waals surface area contributed by atoms with Crippen LogP contribution in [0.2, 0.25) is 0 Å². The molecule has 1 fully saturated rings. The molecular formula is C32H32F8O. The topological polar surface area (TPSA) is 9.23 Å². The zero-order valence-electron chi connectivity index (χ0n) is 22.6. The Morgan fingerprint density at radius 1 is 0.780 bits per heavy atom. The summed E-state index contributed by atoms with van der Waals surface area (Å²) in [5, 5.41) is 0. The molecule has 0 saturated heterocycles. The molecule has 1 saturated carbocycles. The molecule has 1 aliphatic rings. The highest BCUT2D eigenvalue weighted by atomic mass is 19.3. The third kappa shape index (κ3) is 7.60. The average Bonchev–Trinajstić information content (AvgIpc) is 2.91. The van der Waals surface area contributed by atoms with Crippen molar-refractivity contribution < 1.29 is 39.9 Å². The number of rotatable bonds is 11. The lowest BCUT2D eigenvalue weighted by Crippen LogP contribution is -2.33. The van der Waals surface area contributed by atoms with Crippen molar-refractivity contribution in [3.8, 4) is 16.9 Å². The summed E-state index contributed by atoms with van der Waals surface area (Å²) in [4.78, 5) is 0. The first-order valence-corrected chi connectivity index (χ1v) is 13.9. The fourth-order valence-corrected chi connectivity index (χ4v) is 5.73. The lowest BCUT2D eigenvalue weighted by atomic mass is 9.75. The van der Waals surface area contributed by atoms with E-state index in [0.717, 1.165) is 24.8 Å². The van der Waals surface area contributed by atoms with Crippen molar-refractivity contribution in [2.24, 2.45) is 5.92 Å². The summed E-state index contributed by atoms with van der Waals surface area (Å²) >= 11 is 0. The first-order valence-electron chi connectivity index (χ1n) is 13.9. The van der Waals surface area contributed by atoms with Gasteiger partial charge in [-0.2, -0.15) is 8.78 Å². The molecule has 3 aromatic rings. The second-order valence-electron chi connectivity index (χ2n) is 10.8. The first kappa shape index (κ1) is 30.8. The molecule has 41 heavy (non-hydrogen) atoms. The number of hydrogen-bond acceptors (Lipinski definition) is 1. The normalized spacial score (nSPS) is 17.7. The van der Waals surface area contributed by atoms with Crippen LogP contribution in [-0.2, 0) is 12.8 Å². The van der Waals surface area contributed by atoms with Gasteiger partial charge in [-0.15, -0.1) is 0 Å². The third-order valence-corrected chi connectivity index (χ3v) is 7.87. The van der Waals surface area contributed by atoms with Crippen LogP contribution in [0.3, 0.4) is 0 Å². The van der Waals surface area contributed by atoms with Crippen molar-refractivity contribution in [2.75, 3.05) is 0 Å². The molecule has 0 aliphatic heterocycles. The molecule has 0 radical (unpaired) electrons. The lowest BCUT2D eigenvalue weighted by Gasteiger charge is -2.34. The minimum atomic E-state index is -3.45. The Bertz CT molecular complexity index is 1270. The van der Waals surface area contributed by atoms with Crippen molar-refractivity contribution >= 4 is 0 Å². The molecule has 0 atom stereocenters. The van der Waals surface area contributed by atoms with Gasteiger partial charge in [0.25, 0.3) is 5.92 Å². The van der Waals surface area contributed by atoms with Gasteiger partial charge in [0.1, 0.15) is 11.6 Å². The summed E-state index contributed by atoms with van der Waals surface area (Å²) < 4.78 is 116. The van der Waals surface area contributed by atoms with Crippen molar-refractivity contribution in [1.82, 2.24) is 0 Å². The molecule has 0 spiro atoms. The van der Waals surface area contributed by atoms with Gasteiger partial charge in [0.05, 0.1) is 5.56 Å². The Morgan fingerprint density at radius 2 is 1.34 bits per heavy atom. The van der Waals surface area contributed by atoms with Crippen molar-refractivity contribution in [1.29, 1.82) is 0 Å². The van der Waals surface area contributed by atoms with Gasteiger partial charge in [0.2, 0.25) is 0 Å². The Balaban J connectivity index is 1.38. The Morgan fingerprint density at radius 3 is 1.88 bits per heavy atom. The zero-order chi connectivity index (χ0) is 29.7. The number of hydrogen-bond donors (Lipinski definition) is 0. The van der Waals surface area contributed by atoms with Crippen LogP contribution in [0, 0.1) is 29.2 Å². The van der Waals surface area contributed by atoms with Gasteiger partial charge in [-0.05, 0) is 91.0 Å². The first-order chi connectivity index (χ1) is 19.5. The number of ether oxygens (including phenoxy) is 1. The van der Waals surface area contributed by atoms with E-state index < -0.39 is 53.9 Å². The quantitative estimate of drug-likeness (QED) is 0.161. The van der Waals surface area contributed by atoms with E-state index in [0.29, 0.717) is 42.5 Å². The lowest BCUT2D eigenvalue weighted by molar-refractivity contribution is -0.0718. The number of unbranched alkanes of at least 4 members (excludes halogenated alkanes) is 2. The van der Waals surface area contributed by atoms with Crippen LogP contribution in [0.5, 0.6) is 5.75 Å². The number of alkyl halides is 4. The molecule has 0 bridgehead atoms. The van der Waals surface area contributed by atoms with Gasteiger partial charge in [0.15, 0.2) is 17.4 Å². The largest absolute Gasteiger partial charge is 0.429 e. The minimum Gasteiger partial charge on any atom is -0.429 e. The SMILES string of the molecule is CCCCCc1cc(F)c(-c2ccc(C3CCC(C(F)(F)Cc4cc(F)c(OC(F)F)c(F)c4)CC3)cc2)c(F)c1. The van der Waals surface area contributed by atoms with Gasteiger partial charge >= 0.3 is 6.61 Å². The van der Waals surface area contributed by atoms with Gasteiger partial charge < -0.3 is 4.74 Å². The summed E-state index contributed by atoms with van der Waals surface area (Å²) in [6, 6.07) is 10.7. The highest BCUT2D eigenvalue weighted by Gasteiger charge is 2.42. The fraction of sp³-hybridized carbons (Fsp3) is 0.438. The number of aryl methyl sites for hydroxylation is 1. The number of benzene rings is 3. The molecular weight excluding hydrogens is 552 g/mol. The monoisotopic (exact) mass is 584 g/mol. The van der Waals surface area contributed by atoms with Gasteiger partial charge in [-0.1, -0.05) is 44.0 Å². The van der Waals surface area contributed by atoms with Crippen LogP contribution in [0.1, 0.15) is 74.5 Å². The van der Waals surface area contributed by atoms with E-state index >= 15 is 8.78 Å². The average molecular weight is 585 g/mol. The standard InChI is InChI=1S/C32H32F8O/c1-2-3-4-5-19-14-25(33)29(26(34)15-19)23-8-6-21(7-9-23)22-10-12-24(13-11-22)32(39,40)18-20-16-27(35)30(28(36)17-20)41-31(37)38/h6-9,14-17,22,24,31H,2-5,10-13,18H2,1H3. The van der Waals surface area contributed by atoms with Crippen LogP contribution in [0.25, 0.3) is 11.1 Å². The molecule has 3 aromatic carbocycles. The molecule has 0 N–H and O–H groups in total. The van der Waals surface area contributed by atoms with E-state index in [-0.39, 0.29) is 29.9 Å². The fourth-order valence-electron chi connectivity index (χ4n) is 5.73. The van der Waals surface area contributed by atoms with Crippen LogP contribution < -0.4 is 4.74 Å². The predicted octanol–water partition coefficient (Wildman–Crippen LogP) is 10.4. The molecule has 1 aliphatic carbocycles. The second kappa shape index (κ2) is 13.3. The highest BCUT2D eigenvalue weighted by Crippen LogP contribution is 2.44. The number of halogens is 8. The van der Waals surface area contributed by atoms with E-state index in [1.807, 2.05) is 0 Å². The minimum absolute atomic E-state index is 0.0209. The molecule has 4 rings (SSSR count). The van der Waals surface area contributed by atoms with E-state index in [9.17, 15) is 26.3 Å². The Labute approximate surface area is 234 Å². The maximum atomic E-state index is 15.1. The predicted molar refractivity (Wildman–Crippen MR) is 141 cm³/mol. The van der Waals surface area contributed by atoms with Gasteiger partial charge in [-0.3, -0.25) is 0 Å². The van der Waals surface area contributed by atoms with Gasteiger partial charge in [-0.25, -0.2) is 26.3 Å². The summed E-state index contributed by atoms with van der Waals surface area (Å²) in [6.45, 7) is -1.39. The van der Waals surface area contributed by atoms with Crippen LogP contribution in [0.4, 0.5) is 35.1 Å². The van der Waals surface area contributed by atoms with Gasteiger partial charge in [0, 0.05) is 12.3 Å².